The summed E-state index contributed by atoms with van der Waals surface area (Å²) in [5.41, 5.74) is 8.94. The summed E-state index contributed by atoms with van der Waals surface area (Å²) in [7, 11) is -11.6. The Hall–Kier alpha value is -5.67. The number of aliphatic carboxylic acids is 2. The standard InChI is InChI=1S/C26H42N5O16P.C24H39N4O16P/c1-4-5-11(2)22(38)28-9-14(34)18(35)21-17(29-12(3)32)13(33)8-26(46-21,24(39)40)47-48(42,43)44-10-15-19(36)20(37)23(45-15)31-7-6-16(27)30-25(31)41;1-3-4-10(2)20(35)27-15-11(30)7-24(22(36)37,43-19(15)16(32)12(31)8-29)44-45(39,40)41-9-13-17(33)18(34)21(42-13)28-6-5-14(25)26-23(28)38/h6-7,11,13-15,17-21,23,33-37H,4-5,8-10H2,1-3H3,(H,28,38)(H,29,32)(H,39,40)(H,42,43)(H2,27,30,41);5-6,10-13,15-19,21,29-34H,3-4,7-9H2,1-2H3,(H,27,35)(H,36,37)(H,39,40)(H2,25,26,38)/p-2/t11?,13?,14?,15-,17?,18?,19-,20-,21?,23-,26?;10?,11?,12?,13-,15?,16?,17-,18-,19?,21-,24?/m11/s1. The van der Waals surface area contributed by atoms with Gasteiger partial charge in [0.1, 0.15) is 78.8 Å². The Morgan fingerprint density at radius 1 is 0.677 bits per heavy atom. The molecule has 0 spiro atoms. The number of aliphatic hydroxyl groups excluding tert-OH is 11. The molecule has 2 aromatic heterocycles. The number of aromatic nitrogens is 4. The van der Waals surface area contributed by atoms with Gasteiger partial charge in [-0.1, -0.05) is 40.5 Å². The molecule has 20 N–H and O–H groups in total. The van der Waals surface area contributed by atoms with Gasteiger partial charge in [-0.3, -0.25) is 41.7 Å². The van der Waals surface area contributed by atoms with Gasteiger partial charge in [-0.05, 0) is 25.0 Å². The molecule has 16 unspecified atom stereocenters. The van der Waals surface area contributed by atoms with Crippen molar-refractivity contribution in [2.45, 2.75) is 195 Å². The van der Waals surface area contributed by atoms with Crippen LogP contribution in [0.15, 0.2) is 34.1 Å². The Morgan fingerprint density at radius 2 is 1.06 bits per heavy atom. The van der Waals surface area contributed by atoms with Gasteiger partial charge in [-0.2, -0.15) is 9.97 Å². The van der Waals surface area contributed by atoms with E-state index in [1.54, 1.807) is 13.8 Å². The van der Waals surface area contributed by atoms with Crippen LogP contribution in [0.5, 0.6) is 0 Å². The van der Waals surface area contributed by atoms with Crippen LogP contribution in [-0.4, -0.2) is 251 Å². The summed E-state index contributed by atoms with van der Waals surface area (Å²) < 4.78 is 67.8. The van der Waals surface area contributed by atoms with E-state index in [0.717, 1.165) is 28.5 Å². The molecular formula is C50H79N9O32P2-2. The van der Waals surface area contributed by atoms with Crippen LogP contribution in [0.25, 0.3) is 0 Å². The van der Waals surface area contributed by atoms with Crippen molar-refractivity contribution in [2.75, 3.05) is 37.8 Å². The third kappa shape index (κ3) is 19.5. The number of hydrogen-bond acceptors (Lipinski definition) is 34. The molecule has 0 aliphatic carbocycles. The maximum Gasteiger partial charge on any atom is 0.364 e. The van der Waals surface area contributed by atoms with Crippen molar-refractivity contribution < 1.29 is 146 Å². The number of nitrogens with one attached hydrogen (secondary N) is 3. The number of phosphoric ester groups is 2. The van der Waals surface area contributed by atoms with Gasteiger partial charge in [-0.15, -0.1) is 0 Å². The number of nitrogen functional groups attached to an aromatic ring is 2. The number of carboxylic acids is 2. The molecule has 4 aliphatic heterocycles. The van der Waals surface area contributed by atoms with Crippen LogP contribution in [0.3, 0.4) is 0 Å². The lowest BCUT2D eigenvalue weighted by Gasteiger charge is -2.47. The van der Waals surface area contributed by atoms with Gasteiger partial charge in [0.05, 0.1) is 50.2 Å². The molecule has 528 valence electrons. The SMILES string of the molecule is CCCC(C)C(=O)NC1C(O)CC(OP(=O)([O-])OC[C@H]2O[C@@H](n3ccc(N)nc3=O)[C@H](O)[C@@H]2O)(C(=O)O)OC1C(O)C(O)CO.CCCC(C)C(=O)NCC(O)C(O)C1OC(OP(=O)([O-])OC[C@H]2O[C@@H](n3ccc(N)nc3=O)[C@H](O)[C@@H]2O)(C(=O)O)CC(O)C1NC(C)=O. The van der Waals surface area contributed by atoms with Crippen LogP contribution in [-0.2, 0) is 70.1 Å². The zero-order valence-electron chi connectivity index (χ0n) is 50.3. The molecule has 43 heteroatoms. The number of hydrogen-bond donors (Lipinski definition) is 18. The van der Waals surface area contributed by atoms with E-state index in [1.807, 2.05) is 13.8 Å². The summed E-state index contributed by atoms with van der Waals surface area (Å²) in [6, 6.07) is -0.802. The Labute approximate surface area is 526 Å². The van der Waals surface area contributed by atoms with Gasteiger partial charge in [0.2, 0.25) is 17.7 Å². The first-order valence-corrected chi connectivity index (χ1v) is 31.6. The highest BCUT2D eigenvalue weighted by Crippen LogP contribution is 2.50. The Kier molecular flexibility index (Phi) is 27.6. The topological polar surface area (TPSA) is 660 Å². The first kappa shape index (κ1) is 78.0. The number of carboxylic acid groups (broad SMARTS) is 2. The lowest BCUT2D eigenvalue weighted by atomic mass is 9.88. The van der Waals surface area contributed by atoms with Gasteiger partial charge in [0, 0.05) is 50.5 Å². The maximum absolute atomic E-state index is 12.9. The lowest BCUT2D eigenvalue weighted by molar-refractivity contribution is -0.314. The maximum atomic E-state index is 12.9. The molecule has 3 amide bonds. The molecule has 6 heterocycles. The predicted molar refractivity (Wildman–Crippen MR) is 300 cm³/mol. The number of nitrogens with two attached hydrogens (primary N) is 2. The first-order chi connectivity index (χ1) is 43.3. The Bertz CT molecular complexity index is 3120. The number of carbonyl (C=O) groups excluding carboxylic acids is 3. The van der Waals surface area contributed by atoms with Crippen molar-refractivity contribution >= 4 is 56.9 Å². The van der Waals surface area contributed by atoms with Crippen molar-refractivity contribution in [3.8, 4) is 0 Å². The van der Waals surface area contributed by atoms with E-state index in [1.165, 1.54) is 12.1 Å². The molecule has 4 aliphatic rings. The highest BCUT2D eigenvalue weighted by molar-refractivity contribution is 7.46. The fourth-order valence-electron chi connectivity index (χ4n) is 10.2. The number of phosphoric acid groups is 2. The number of rotatable bonds is 29. The fraction of sp³-hybridized carbons (Fsp3) is 0.740. The molecule has 0 aromatic carbocycles. The Morgan fingerprint density at radius 3 is 1.43 bits per heavy atom. The summed E-state index contributed by atoms with van der Waals surface area (Å²) in [6.07, 6.45) is -27.5. The first-order valence-electron chi connectivity index (χ1n) is 28.7. The van der Waals surface area contributed by atoms with E-state index in [0.29, 0.717) is 25.7 Å². The molecule has 4 fully saturated rings. The van der Waals surface area contributed by atoms with Gasteiger partial charge in [-0.25, -0.2) is 19.2 Å². The normalized spacial score (nSPS) is 32.8. The second-order valence-electron chi connectivity index (χ2n) is 22.4. The third-order valence-electron chi connectivity index (χ3n) is 15.2. The van der Waals surface area contributed by atoms with E-state index in [9.17, 15) is 119 Å². The molecule has 41 nitrogen and oxygen atoms in total. The van der Waals surface area contributed by atoms with Crippen LogP contribution in [0, 0.1) is 11.8 Å². The average molecular weight is 1380 g/mol. The summed E-state index contributed by atoms with van der Waals surface area (Å²) in [5.74, 6) is -14.0. The van der Waals surface area contributed by atoms with Crippen molar-refractivity contribution in [1.29, 1.82) is 0 Å². The van der Waals surface area contributed by atoms with Crippen molar-refractivity contribution in [3.63, 3.8) is 0 Å². The van der Waals surface area contributed by atoms with Crippen molar-refractivity contribution in [1.82, 2.24) is 35.1 Å². The summed E-state index contributed by atoms with van der Waals surface area (Å²) >= 11 is 0. The number of anilines is 2. The lowest BCUT2D eigenvalue weighted by Crippen LogP contribution is -2.68. The summed E-state index contributed by atoms with van der Waals surface area (Å²) in [4.78, 5) is 119. The van der Waals surface area contributed by atoms with E-state index < -0.39 is 229 Å². The minimum Gasteiger partial charge on any atom is -0.756 e. The van der Waals surface area contributed by atoms with Crippen LogP contribution >= 0.6 is 15.6 Å². The molecular weight excluding hydrogens is 1300 g/mol. The molecule has 0 radical (unpaired) electrons. The number of carbonyl (C=O) groups is 5. The quantitative estimate of drug-likeness (QED) is 0.0336. The zero-order chi connectivity index (χ0) is 70.0. The van der Waals surface area contributed by atoms with Crippen LogP contribution in [0.1, 0.15) is 85.6 Å². The number of ether oxygens (including phenoxy) is 4. The van der Waals surface area contributed by atoms with Crippen LogP contribution in [0.2, 0.25) is 0 Å². The predicted octanol–water partition coefficient (Wildman–Crippen LogP) is -8.83. The highest BCUT2D eigenvalue weighted by atomic mass is 31.2. The monoisotopic (exact) mass is 1380 g/mol. The zero-order valence-corrected chi connectivity index (χ0v) is 52.1. The van der Waals surface area contributed by atoms with E-state index in [4.69, 9.17) is 48.5 Å². The average Bonchev–Trinajstić information content (AvgIpc) is 1.59. The van der Waals surface area contributed by atoms with E-state index in [2.05, 4.69) is 25.9 Å². The minimum absolute atomic E-state index is 0.142. The molecule has 93 heavy (non-hydrogen) atoms. The fourth-order valence-corrected chi connectivity index (χ4v) is 12.1. The van der Waals surface area contributed by atoms with Crippen LogP contribution < -0.4 is 48.6 Å². The molecule has 4 saturated heterocycles. The van der Waals surface area contributed by atoms with Crippen molar-refractivity contribution in [2.24, 2.45) is 11.8 Å². The van der Waals surface area contributed by atoms with Crippen LogP contribution in [0.4, 0.5) is 11.6 Å². The molecule has 6 rings (SSSR count). The summed E-state index contributed by atoms with van der Waals surface area (Å²) in [5, 5.41) is 142. The molecule has 0 bridgehead atoms. The summed E-state index contributed by atoms with van der Waals surface area (Å²) in [6.45, 7) is 4.10. The van der Waals surface area contributed by atoms with E-state index in [-0.39, 0.29) is 11.6 Å². The second-order valence-corrected chi connectivity index (χ2v) is 25.0. The van der Waals surface area contributed by atoms with Gasteiger partial charge in [0.25, 0.3) is 27.2 Å². The molecule has 0 saturated carbocycles. The van der Waals surface area contributed by atoms with E-state index >= 15 is 0 Å². The highest BCUT2D eigenvalue weighted by Gasteiger charge is 2.60. The molecule has 24 atom stereocenters. The second kappa shape index (κ2) is 32.8. The smallest absolute Gasteiger partial charge is 0.364 e. The number of amides is 3. The minimum atomic E-state index is -5.81. The Balaban J connectivity index is 0.000000338. The molecule has 2 aromatic rings. The van der Waals surface area contributed by atoms with Gasteiger partial charge in [0.15, 0.2) is 12.5 Å². The third-order valence-corrected chi connectivity index (χ3v) is 17.2. The number of aliphatic hydroxyl groups is 11. The van der Waals surface area contributed by atoms with Crippen molar-refractivity contribution in [3.05, 3.63) is 45.5 Å². The van der Waals surface area contributed by atoms with Gasteiger partial charge < -0.3 is 132 Å². The van der Waals surface area contributed by atoms with Gasteiger partial charge >= 0.3 is 23.3 Å². The largest absolute Gasteiger partial charge is 0.756 e. The number of nitrogens with zero attached hydrogens (tertiary/aromatic N) is 4.